The highest BCUT2D eigenvalue weighted by atomic mass is 127. The Morgan fingerprint density at radius 2 is 1.88 bits per heavy atom. The minimum absolute atomic E-state index is 0. The highest BCUT2D eigenvalue weighted by Crippen LogP contribution is 2.07. The van der Waals surface area contributed by atoms with Crippen LogP contribution in [0, 0.1) is 13.8 Å². The summed E-state index contributed by atoms with van der Waals surface area (Å²) in [7, 11) is 0. The van der Waals surface area contributed by atoms with Crippen LogP contribution in [0.2, 0.25) is 0 Å². The predicted octanol–water partition coefficient (Wildman–Crippen LogP) is 2.94. The molecule has 26 heavy (non-hydrogen) atoms. The fraction of sp³-hybridized carbons (Fsp3) is 0.789. The molecule has 1 aromatic rings. The molecule has 0 unspecified atom stereocenters. The molecule has 150 valence electrons. The molecule has 6 nitrogen and oxygen atoms in total. The largest absolute Gasteiger partial charge is 0.357 e. The molecule has 0 spiro atoms. The number of aromatic nitrogens is 2. The number of aliphatic imine (C=N–C) groups is 1. The molecule has 1 fully saturated rings. The van der Waals surface area contributed by atoms with Crippen molar-refractivity contribution in [3.8, 4) is 0 Å². The summed E-state index contributed by atoms with van der Waals surface area (Å²) in [6.45, 7) is 13.8. The Morgan fingerprint density at radius 3 is 2.54 bits per heavy atom. The third-order valence-electron chi connectivity index (χ3n) is 4.64. The average Bonchev–Trinajstić information content (AvgIpc) is 3.20. The zero-order chi connectivity index (χ0) is 17.9. The van der Waals surface area contributed by atoms with Crippen molar-refractivity contribution >= 4 is 29.9 Å². The molecule has 0 bridgehead atoms. The lowest BCUT2D eigenvalue weighted by molar-refractivity contribution is 0.330. The van der Waals surface area contributed by atoms with Crippen molar-refractivity contribution in [3.05, 3.63) is 17.5 Å². The van der Waals surface area contributed by atoms with Gasteiger partial charge in [0.2, 0.25) is 0 Å². The van der Waals surface area contributed by atoms with Gasteiger partial charge in [0.1, 0.15) is 0 Å². The summed E-state index contributed by atoms with van der Waals surface area (Å²) >= 11 is 0. The summed E-state index contributed by atoms with van der Waals surface area (Å²) in [5.41, 5.74) is 2.31. The number of rotatable bonds is 10. The molecule has 2 N–H and O–H groups in total. The number of guanidine groups is 1. The van der Waals surface area contributed by atoms with Crippen LogP contribution < -0.4 is 10.6 Å². The van der Waals surface area contributed by atoms with Gasteiger partial charge in [-0.3, -0.25) is 9.67 Å². The van der Waals surface area contributed by atoms with Crippen LogP contribution in [-0.4, -0.2) is 59.9 Å². The Labute approximate surface area is 176 Å². The van der Waals surface area contributed by atoms with E-state index in [9.17, 15) is 0 Å². The Balaban J connectivity index is 0.00000338. The van der Waals surface area contributed by atoms with E-state index in [1.54, 1.807) is 0 Å². The van der Waals surface area contributed by atoms with E-state index in [0.29, 0.717) is 0 Å². The Bertz CT molecular complexity index is 522. The number of nitrogens with zero attached hydrogens (tertiary/aromatic N) is 4. The summed E-state index contributed by atoms with van der Waals surface area (Å²) in [5, 5.41) is 11.3. The molecule has 0 saturated carbocycles. The van der Waals surface area contributed by atoms with Crippen LogP contribution in [0.1, 0.15) is 50.4 Å². The molecular weight excluding hydrogens is 439 g/mol. The Morgan fingerprint density at radius 1 is 1.12 bits per heavy atom. The monoisotopic (exact) mass is 476 g/mol. The van der Waals surface area contributed by atoms with E-state index in [1.807, 2.05) is 6.92 Å². The number of nitrogens with one attached hydrogen (secondary N) is 2. The van der Waals surface area contributed by atoms with Crippen LogP contribution in [0.15, 0.2) is 11.1 Å². The summed E-state index contributed by atoms with van der Waals surface area (Å²) in [6, 6.07) is 2.12. The Hall–Kier alpha value is -0.830. The van der Waals surface area contributed by atoms with Crippen LogP contribution in [0.25, 0.3) is 0 Å². The van der Waals surface area contributed by atoms with E-state index in [1.165, 1.54) is 51.0 Å². The maximum atomic E-state index is 4.68. The second kappa shape index (κ2) is 13.4. The van der Waals surface area contributed by atoms with Gasteiger partial charge < -0.3 is 15.5 Å². The minimum Gasteiger partial charge on any atom is -0.357 e. The van der Waals surface area contributed by atoms with Gasteiger partial charge in [-0.05, 0) is 78.6 Å². The van der Waals surface area contributed by atoms with Crippen LogP contribution >= 0.6 is 24.0 Å². The van der Waals surface area contributed by atoms with E-state index in [4.69, 9.17) is 0 Å². The third kappa shape index (κ3) is 8.70. The lowest BCUT2D eigenvalue weighted by Gasteiger charge is -2.15. The molecule has 0 atom stereocenters. The van der Waals surface area contributed by atoms with E-state index < -0.39 is 0 Å². The van der Waals surface area contributed by atoms with Crippen LogP contribution in [-0.2, 0) is 6.54 Å². The highest BCUT2D eigenvalue weighted by molar-refractivity contribution is 14.0. The van der Waals surface area contributed by atoms with Gasteiger partial charge in [-0.2, -0.15) is 5.10 Å². The van der Waals surface area contributed by atoms with Gasteiger partial charge in [0.25, 0.3) is 0 Å². The normalized spacial score (nSPS) is 15.1. The van der Waals surface area contributed by atoms with Crippen molar-refractivity contribution < 1.29 is 0 Å². The average molecular weight is 476 g/mol. The standard InChI is InChI=1S/C19H36N6.HI/c1-4-20-19(21-10-5-6-12-24-13-7-8-14-24)22-11-9-15-25-18(3)16-17(2)23-25;/h16H,4-15H2,1-3H3,(H2,20,21,22);1H. The highest BCUT2D eigenvalue weighted by Gasteiger charge is 2.10. The number of likely N-dealkylation sites (tertiary alicyclic amines) is 1. The molecule has 2 rings (SSSR count). The van der Waals surface area contributed by atoms with Crippen molar-refractivity contribution in [2.45, 2.75) is 59.4 Å². The number of hydrogen-bond acceptors (Lipinski definition) is 3. The fourth-order valence-electron chi connectivity index (χ4n) is 3.33. The van der Waals surface area contributed by atoms with E-state index >= 15 is 0 Å². The van der Waals surface area contributed by atoms with Gasteiger partial charge in [-0.15, -0.1) is 24.0 Å². The second-order valence-corrected chi connectivity index (χ2v) is 6.95. The smallest absolute Gasteiger partial charge is 0.191 e. The molecule has 1 aliphatic rings. The molecular formula is C19H37IN6. The van der Waals surface area contributed by atoms with Crippen LogP contribution in [0.4, 0.5) is 0 Å². The molecule has 0 radical (unpaired) electrons. The first kappa shape index (κ1) is 23.2. The lowest BCUT2D eigenvalue weighted by Crippen LogP contribution is -2.38. The van der Waals surface area contributed by atoms with Crippen molar-refractivity contribution in [2.24, 2.45) is 4.99 Å². The molecule has 2 heterocycles. The molecule has 0 aliphatic carbocycles. The summed E-state index contributed by atoms with van der Waals surface area (Å²) in [5.74, 6) is 0.942. The minimum atomic E-state index is 0. The van der Waals surface area contributed by atoms with Gasteiger partial charge in [-0.25, -0.2) is 0 Å². The maximum Gasteiger partial charge on any atom is 0.191 e. The SMILES string of the molecule is CCNC(=NCCCn1nc(C)cc1C)NCCCCN1CCCC1.I. The number of aryl methyl sites for hydroxylation is 3. The van der Waals surface area contributed by atoms with E-state index in [2.05, 4.69) is 50.2 Å². The van der Waals surface area contributed by atoms with E-state index in [-0.39, 0.29) is 24.0 Å². The van der Waals surface area contributed by atoms with Gasteiger partial charge >= 0.3 is 0 Å². The predicted molar refractivity (Wildman–Crippen MR) is 121 cm³/mol. The van der Waals surface area contributed by atoms with Crippen molar-refractivity contribution in [1.29, 1.82) is 0 Å². The lowest BCUT2D eigenvalue weighted by atomic mass is 10.3. The summed E-state index contributed by atoms with van der Waals surface area (Å²) in [4.78, 5) is 7.26. The van der Waals surface area contributed by atoms with E-state index in [0.717, 1.165) is 44.3 Å². The molecule has 1 saturated heterocycles. The first-order valence-corrected chi connectivity index (χ1v) is 9.94. The third-order valence-corrected chi connectivity index (χ3v) is 4.64. The van der Waals surface area contributed by atoms with Gasteiger partial charge in [-0.1, -0.05) is 0 Å². The second-order valence-electron chi connectivity index (χ2n) is 6.95. The summed E-state index contributed by atoms with van der Waals surface area (Å²) in [6.07, 6.45) is 6.24. The van der Waals surface area contributed by atoms with Crippen molar-refractivity contribution in [2.75, 3.05) is 39.3 Å². The molecule has 7 heteroatoms. The molecule has 1 aliphatic heterocycles. The Kier molecular flexibility index (Phi) is 11.9. The first-order valence-electron chi connectivity index (χ1n) is 9.94. The molecule has 1 aromatic heterocycles. The summed E-state index contributed by atoms with van der Waals surface area (Å²) < 4.78 is 2.07. The van der Waals surface area contributed by atoms with Gasteiger partial charge in [0, 0.05) is 31.9 Å². The van der Waals surface area contributed by atoms with Crippen molar-refractivity contribution in [1.82, 2.24) is 25.3 Å². The van der Waals surface area contributed by atoms with Gasteiger partial charge in [0.15, 0.2) is 5.96 Å². The van der Waals surface area contributed by atoms with Gasteiger partial charge in [0.05, 0.1) is 5.69 Å². The van der Waals surface area contributed by atoms with Crippen LogP contribution in [0.3, 0.4) is 0 Å². The topological polar surface area (TPSA) is 57.5 Å². The van der Waals surface area contributed by atoms with Crippen LogP contribution in [0.5, 0.6) is 0 Å². The fourth-order valence-corrected chi connectivity index (χ4v) is 3.33. The molecule has 0 aromatic carbocycles. The quantitative estimate of drug-likeness (QED) is 0.236. The maximum absolute atomic E-state index is 4.68. The zero-order valence-corrected chi connectivity index (χ0v) is 19.1. The first-order chi connectivity index (χ1) is 12.2. The molecule has 0 amide bonds. The number of unbranched alkanes of at least 4 members (excludes halogenated alkanes) is 1. The van der Waals surface area contributed by atoms with Crippen molar-refractivity contribution in [3.63, 3.8) is 0 Å². The number of hydrogen-bond donors (Lipinski definition) is 2. The zero-order valence-electron chi connectivity index (χ0n) is 16.8. The number of halogens is 1.